The van der Waals surface area contributed by atoms with E-state index in [9.17, 15) is 13.6 Å². The monoisotopic (exact) mass is 142 g/mol. The predicted molar refractivity (Wildman–Crippen MR) is 20.5 cm³/mol. The van der Waals surface area contributed by atoms with Gasteiger partial charge in [-0.05, 0) is 9.05 Å². The van der Waals surface area contributed by atoms with E-state index in [2.05, 4.69) is 9.46 Å². The van der Waals surface area contributed by atoms with Crippen LogP contribution in [0.3, 0.4) is 0 Å². The van der Waals surface area contributed by atoms with Gasteiger partial charge < -0.3 is 0 Å². The van der Waals surface area contributed by atoms with Crippen LogP contribution in [-0.2, 0) is 14.0 Å². The summed E-state index contributed by atoms with van der Waals surface area (Å²) in [4.78, 5) is 0. The first-order valence-electron chi connectivity index (χ1n) is 0.921. The third kappa shape index (κ3) is 7.01. The zero-order chi connectivity index (χ0) is 4.99. The zero-order valence-corrected chi connectivity index (χ0v) is 3.48. The average molecular weight is 142 g/mol. The van der Waals surface area contributed by atoms with E-state index < -0.39 is 8.25 Å². The van der Waals surface area contributed by atoms with Crippen LogP contribution in [0.5, 0.6) is 0 Å². The normalized spacial score (nSPS) is 8.43. The van der Waals surface area contributed by atoms with Gasteiger partial charge in [-0.25, -0.2) is 0 Å². The molecule has 0 unspecified atom stereocenters. The van der Waals surface area contributed by atoms with Crippen molar-refractivity contribution in [2.24, 2.45) is 0 Å². The van der Waals surface area contributed by atoms with E-state index in [0.717, 1.165) is 0 Å². The Labute approximate surface area is 61.0 Å². The fourth-order valence-electron chi connectivity index (χ4n) is 0.0119. The Balaban J connectivity index is 0. The van der Waals surface area contributed by atoms with Gasteiger partial charge in [0, 0.05) is 0 Å². The quantitative estimate of drug-likeness (QED) is 0.416. The number of hydrogen-bond donors (Lipinski definition) is 0. The van der Waals surface area contributed by atoms with Crippen LogP contribution in [0, 0.1) is 0 Å². The first-order valence-corrected chi connectivity index (χ1v) is 2.15. The van der Waals surface area contributed by atoms with Crippen LogP contribution in [0.2, 0.25) is 0 Å². The fourth-order valence-corrected chi connectivity index (χ4v) is 0.0357. The van der Waals surface area contributed by atoms with Crippen LogP contribution in [0.15, 0.2) is 0 Å². The van der Waals surface area contributed by atoms with Gasteiger partial charge in [-0.3, -0.25) is 4.57 Å². The van der Waals surface area contributed by atoms with E-state index in [4.69, 9.17) is 0 Å². The Morgan fingerprint density at radius 2 is 1.57 bits per heavy atom. The number of hydrogen-bond acceptors (Lipinski definition) is 3. The van der Waals surface area contributed by atoms with Gasteiger partial charge in [0.15, 0.2) is 0 Å². The third-order valence-corrected chi connectivity index (χ3v) is 0.378. The van der Waals surface area contributed by atoms with Crippen molar-refractivity contribution in [1.29, 1.82) is 0 Å². The summed E-state index contributed by atoms with van der Waals surface area (Å²) in [6, 6.07) is 0. The standard InChI is InChI=1S/F2HO3P.Na.H/c1-4-6(3)5-2;;/h6H;;. The molecule has 0 aromatic rings. The molecule has 0 amide bonds. The van der Waals surface area contributed by atoms with E-state index in [1.165, 1.54) is 0 Å². The Kier molecular flexibility index (Phi) is 10.9. The van der Waals surface area contributed by atoms with Gasteiger partial charge in [-0.2, -0.15) is 0 Å². The van der Waals surface area contributed by atoms with Crippen molar-refractivity contribution in [3.63, 3.8) is 0 Å². The first-order chi connectivity index (χ1) is 2.81. The topological polar surface area (TPSA) is 35.5 Å². The molecule has 0 aliphatic carbocycles. The van der Waals surface area contributed by atoms with Gasteiger partial charge in [0.1, 0.15) is 0 Å². The van der Waals surface area contributed by atoms with Crippen molar-refractivity contribution >= 4 is 37.8 Å². The Bertz CT molecular complexity index is 50.9. The predicted octanol–water partition coefficient (Wildman–Crippen LogP) is 0.530. The second-order valence-corrected chi connectivity index (χ2v) is 1.21. The Morgan fingerprint density at radius 3 is 1.57 bits per heavy atom. The first kappa shape index (κ1) is 10.9. The molecule has 0 aliphatic heterocycles. The van der Waals surface area contributed by atoms with Crippen molar-refractivity contribution in [1.82, 2.24) is 0 Å². The summed E-state index contributed by atoms with van der Waals surface area (Å²) >= 11 is 0. The summed E-state index contributed by atoms with van der Waals surface area (Å²) in [7, 11) is -3.45. The molecular formula is H2F2NaO3P. The van der Waals surface area contributed by atoms with Gasteiger partial charge in [0.05, 0.1) is 0 Å². The summed E-state index contributed by atoms with van der Waals surface area (Å²) in [6.45, 7) is 0. The van der Waals surface area contributed by atoms with Gasteiger partial charge in [-0.1, -0.05) is 0 Å². The van der Waals surface area contributed by atoms with Crippen LogP contribution < -0.4 is 0 Å². The maximum absolute atomic E-state index is 10.3. The van der Waals surface area contributed by atoms with Crippen LogP contribution >= 0.6 is 8.25 Å². The van der Waals surface area contributed by atoms with Crippen LogP contribution in [0.25, 0.3) is 0 Å². The van der Waals surface area contributed by atoms with Crippen molar-refractivity contribution in [3.8, 4) is 0 Å². The Morgan fingerprint density at radius 1 is 1.29 bits per heavy atom. The van der Waals surface area contributed by atoms with E-state index in [0.29, 0.717) is 0 Å². The van der Waals surface area contributed by atoms with Gasteiger partial charge >= 0.3 is 37.8 Å². The van der Waals surface area contributed by atoms with Gasteiger partial charge in [0.25, 0.3) is 0 Å². The summed E-state index contributed by atoms with van der Waals surface area (Å²) in [5.41, 5.74) is 0. The van der Waals surface area contributed by atoms with Crippen LogP contribution in [-0.4, -0.2) is 29.6 Å². The van der Waals surface area contributed by atoms with Gasteiger partial charge in [0.2, 0.25) is 0 Å². The molecule has 0 aliphatic rings. The maximum atomic E-state index is 10.3. The molecule has 0 N–H and O–H groups in total. The third-order valence-electron chi connectivity index (χ3n) is 0.126. The number of halogens is 2. The van der Waals surface area contributed by atoms with Crippen LogP contribution in [0.4, 0.5) is 9.05 Å². The van der Waals surface area contributed by atoms with Gasteiger partial charge in [-0.15, -0.1) is 9.46 Å². The zero-order valence-electron chi connectivity index (χ0n) is 2.48. The molecule has 0 aromatic heterocycles. The molecular weight excluding hydrogens is 140 g/mol. The van der Waals surface area contributed by atoms with Crippen molar-refractivity contribution in [2.45, 2.75) is 0 Å². The Hall–Kier alpha value is 1.01. The molecule has 7 heavy (non-hydrogen) atoms. The molecule has 0 rings (SSSR count). The average Bonchev–Trinajstić information content (AvgIpc) is 1.65. The molecule has 0 fully saturated rings. The molecule has 0 saturated carbocycles. The second kappa shape index (κ2) is 7.01. The molecule has 0 bridgehead atoms. The van der Waals surface area contributed by atoms with E-state index in [1.54, 1.807) is 0 Å². The summed E-state index contributed by atoms with van der Waals surface area (Å²) in [5.74, 6) is 0. The summed E-state index contributed by atoms with van der Waals surface area (Å²) in [6.07, 6.45) is 0. The van der Waals surface area contributed by atoms with E-state index in [-0.39, 0.29) is 29.6 Å². The van der Waals surface area contributed by atoms with Crippen LogP contribution in [0.1, 0.15) is 0 Å². The molecule has 0 radical (unpaired) electrons. The molecule has 0 aromatic carbocycles. The summed E-state index contributed by atoms with van der Waals surface area (Å²) < 4.78 is 34.4. The molecule has 40 valence electrons. The minimum absolute atomic E-state index is 0. The van der Waals surface area contributed by atoms with Crippen molar-refractivity contribution < 1.29 is 23.1 Å². The molecule has 3 nitrogen and oxygen atoms in total. The minimum atomic E-state index is -3.45. The SMILES string of the molecule is O=[PH](OF)OF.[NaH]. The molecule has 0 spiro atoms. The molecule has 0 atom stereocenters. The van der Waals surface area contributed by atoms with E-state index in [1.807, 2.05) is 0 Å². The van der Waals surface area contributed by atoms with Crippen molar-refractivity contribution in [2.75, 3.05) is 0 Å². The van der Waals surface area contributed by atoms with Crippen molar-refractivity contribution in [3.05, 3.63) is 0 Å². The number of rotatable bonds is 2. The molecule has 0 heterocycles. The summed E-state index contributed by atoms with van der Waals surface area (Å²) in [5, 5.41) is 0. The van der Waals surface area contributed by atoms with E-state index >= 15 is 0 Å². The molecule has 0 saturated heterocycles. The molecule has 7 heteroatoms. The fraction of sp³-hybridized carbons (Fsp3) is 0. The second-order valence-electron chi connectivity index (χ2n) is 0.404.